The molecule has 14 heteroatoms. The maximum absolute atomic E-state index is 13.0. The molecule has 6 aliphatic heterocycles. The molecular formula is C45H51ClN8O5. The van der Waals surface area contributed by atoms with Crippen molar-refractivity contribution in [1.29, 1.82) is 5.26 Å². The van der Waals surface area contributed by atoms with Crippen molar-refractivity contribution in [3.05, 3.63) is 87.4 Å². The second kappa shape index (κ2) is 16.8. The Morgan fingerprint density at radius 1 is 0.831 bits per heavy atom. The van der Waals surface area contributed by atoms with Crippen LogP contribution >= 0.6 is 11.6 Å². The van der Waals surface area contributed by atoms with Crippen molar-refractivity contribution in [1.82, 2.24) is 20.0 Å². The number of hydrogen-bond acceptors (Lipinski definition) is 11. The fourth-order valence-corrected chi connectivity index (χ4v) is 9.81. The first kappa shape index (κ1) is 40.5. The number of imide groups is 2. The molecule has 5 saturated heterocycles. The van der Waals surface area contributed by atoms with Gasteiger partial charge in [0.2, 0.25) is 11.8 Å². The van der Waals surface area contributed by atoms with Crippen LogP contribution in [0.15, 0.2) is 54.6 Å². The van der Waals surface area contributed by atoms with Crippen molar-refractivity contribution >= 4 is 58.6 Å². The van der Waals surface area contributed by atoms with Crippen molar-refractivity contribution < 1.29 is 24.0 Å². The Bertz CT molecular complexity index is 2180. The quantitative estimate of drug-likeness (QED) is 0.264. The van der Waals surface area contributed by atoms with Crippen LogP contribution < -0.4 is 20.0 Å². The zero-order valence-electron chi connectivity index (χ0n) is 33.8. The number of piperazine rings is 1. The van der Waals surface area contributed by atoms with Gasteiger partial charge in [0, 0.05) is 107 Å². The molecule has 1 spiro atoms. The number of rotatable bonds is 7. The maximum Gasteiger partial charge on any atom is 0.262 e. The molecule has 6 heterocycles. The van der Waals surface area contributed by atoms with E-state index in [0.29, 0.717) is 33.0 Å². The molecule has 9 rings (SSSR count). The molecule has 0 aromatic heterocycles. The lowest BCUT2D eigenvalue weighted by Gasteiger charge is -2.44. The number of carbonyl (C=O) groups excluding carboxylic acids is 5. The Balaban J connectivity index is 0.000000165. The third-order valence-corrected chi connectivity index (χ3v) is 13.8. The van der Waals surface area contributed by atoms with Gasteiger partial charge in [0.15, 0.2) is 0 Å². The van der Waals surface area contributed by atoms with E-state index in [1.165, 1.54) is 24.9 Å². The Morgan fingerprint density at radius 3 is 2.15 bits per heavy atom. The van der Waals surface area contributed by atoms with E-state index in [0.717, 1.165) is 106 Å². The minimum atomic E-state index is -0.925. The lowest BCUT2D eigenvalue weighted by Crippen LogP contribution is -2.54. The van der Waals surface area contributed by atoms with Gasteiger partial charge < -0.3 is 24.5 Å². The summed E-state index contributed by atoms with van der Waals surface area (Å²) in [6, 6.07) is 18.3. The second-order valence-electron chi connectivity index (χ2n) is 17.1. The molecule has 5 fully saturated rings. The summed E-state index contributed by atoms with van der Waals surface area (Å²) in [4.78, 5) is 73.2. The van der Waals surface area contributed by atoms with Crippen LogP contribution in [-0.4, -0.2) is 130 Å². The highest BCUT2D eigenvalue weighted by Gasteiger charge is 2.45. The van der Waals surface area contributed by atoms with Crippen molar-refractivity contribution in [2.75, 3.05) is 93.7 Å². The predicted molar refractivity (Wildman–Crippen MR) is 226 cm³/mol. The fourth-order valence-electron chi connectivity index (χ4n) is 9.60. The van der Waals surface area contributed by atoms with Crippen molar-refractivity contribution in [3.63, 3.8) is 0 Å². The van der Waals surface area contributed by atoms with Gasteiger partial charge in [-0.1, -0.05) is 11.6 Å². The zero-order valence-corrected chi connectivity index (χ0v) is 34.5. The summed E-state index contributed by atoms with van der Waals surface area (Å²) in [5, 5.41) is 12.0. The lowest BCUT2D eigenvalue weighted by atomic mass is 9.77. The van der Waals surface area contributed by atoms with Gasteiger partial charge in [-0.2, -0.15) is 5.26 Å². The van der Waals surface area contributed by atoms with E-state index in [-0.39, 0.29) is 18.7 Å². The largest absolute Gasteiger partial charge is 0.371 e. The van der Waals surface area contributed by atoms with Gasteiger partial charge in [0.05, 0.1) is 21.7 Å². The topological polar surface area (TPSA) is 141 Å². The average Bonchev–Trinajstić information content (AvgIpc) is 3.75. The number of nitriles is 1. The molecule has 0 aliphatic carbocycles. The summed E-state index contributed by atoms with van der Waals surface area (Å²) < 4.78 is 0. The van der Waals surface area contributed by atoms with Crippen LogP contribution in [0.1, 0.15) is 74.3 Å². The van der Waals surface area contributed by atoms with Crippen molar-refractivity contribution in [2.24, 2.45) is 11.3 Å². The van der Waals surface area contributed by atoms with Gasteiger partial charge in [-0.25, -0.2) is 0 Å². The van der Waals surface area contributed by atoms with Gasteiger partial charge >= 0.3 is 0 Å². The van der Waals surface area contributed by atoms with E-state index in [9.17, 15) is 29.2 Å². The average molecular weight is 819 g/mol. The maximum atomic E-state index is 13.0. The monoisotopic (exact) mass is 818 g/mol. The van der Waals surface area contributed by atoms with Crippen molar-refractivity contribution in [3.8, 4) is 6.07 Å². The lowest BCUT2D eigenvalue weighted by molar-refractivity contribution is -0.136. The molecule has 3 aromatic carbocycles. The highest BCUT2D eigenvalue weighted by atomic mass is 35.5. The Labute approximate surface area is 350 Å². The van der Waals surface area contributed by atoms with Crippen molar-refractivity contribution in [2.45, 2.75) is 45.1 Å². The first-order valence-corrected chi connectivity index (χ1v) is 21.1. The standard InChI is InChI=1S/C23H24ClN3O.C22H27N5O4/c1-17-21(7-4-19(14-25)22(17)24)27-13-10-23(16-27)8-11-26(12-9-23)20-5-2-18(15-28)3-6-20;1-24-6-8-25(9-7-24)11-14-12-26(13-14)15-2-3-16-17(10-15)22(31)27(21(16)30)18-4-5-19(28)23-20(18)29/h2-7,15H,8-13,16H2,1H3;2-3,10,14,18H,4-9,11-13H2,1H3,(H,23,28,29). The molecule has 308 valence electrons. The van der Waals surface area contributed by atoms with Crippen LogP contribution in [-0.2, 0) is 9.59 Å². The predicted octanol–water partition coefficient (Wildman–Crippen LogP) is 4.60. The van der Waals surface area contributed by atoms with E-state index in [2.05, 4.69) is 42.9 Å². The Hall–Kier alpha value is -5.29. The molecule has 1 N–H and O–H groups in total. The number of hydrogen-bond donors (Lipinski definition) is 1. The number of aldehydes is 1. The van der Waals surface area contributed by atoms with E-state index in [4.69, 9.17) is 11.6 Å². The summed E-state index contributed by atoms with van der Waals surface area (Å²) >= 11 is 6.39. The molecule has 0 radical (unpaired) electrons. The number of nitrogens with zero attached hydrogens (tertiary/aromatic N) is 7. The minimum absolute atomic E-state index is 0.123. The number of halogens is 1. The van der Waals surface area contributed by atoms with Crippen LogP contribution in [0.5, 0.6) is 0 Å². The molecule has 6 aliphatic rings. The van der Waals surface area contributed by atoms with Crippen LogP contribution in [0.2, 0.25) is 5.02 Å². The highest BCUT2D eigenvalue weighted by Crippen LogP contribution is 2.44. The Morgan fingerprint density at radius 2 is 1.49 bits per heavy atom. The minimum Gasteiger partial charge on any atom is -0.371 e. The van der Waals surface area contributed by atoms with E-state index in [1.54, 1.807) is 12.1 Å². The summed E-state index contributed by atoms with van der Waals surface area (Å²) in [6.45, 7) is 13.6. The number of benzene rings is 3. The normalized spacial score (nSPS) is 22.2. The SMILES string of the molecule is CN1CCN(CC2CN(c3ccc4c(c3)C(=O)N(C3CCC(=O)NC3=O)C4=O)C2)CC1.Cc1c(N2CCC3(CCN(c4ccc(C=O)cc4)CC3)C2)ccc(C#N)c1Cl. The molecule has 0 bridgehead atoms. The smallest absolute Gasteiger partial charge is 0.262 e. The number of anilines is 3. The van der Waals surface area contributed by atoms with Crippen LogP contribution in [0, 0.1) is 29.6 Å². The van der Waals surface area contributed by atoms with Gasteiger partial charge in [-0.05, 0) is 105 Å². The number of likely N-dealkylation sites (N-methyl/N-ethyl adjacent to an activating group) is 1. The second-order valence-corrected chi connectivity index (χ2v) is 17.5. The van der Waals surface area contributed by atoms with E-state index in [1.807, 2.05) is 49.4 Å². The number of nitrogens with one attached hydrogen (secondary N) is 1. The molecular weight excluding hydrogens is 768 g/mol. The number of piperidine rings is 2. The molecule has 0 saturated carbocycles. The van der Waals surface area contributed by atoms with Gasteiger partial charge in [0.1, 0.15) is 18.4 Å². The van der Waals surface area contributed by atoms with Crippen LogP contribution in [0.4, 0.5) is 17.1 Å². The first-order chi connectivity index (χ1) is 28.5. The zero-order chi connectivity index (χ0) is 41.4. The van der Waals surface area contributed by atoms with Crippen LogP contribution in [0.25, 0.3) is 0 Å². The van der Waals surface area contributed by atoms with Crippen LogP contribution in [0.3, 0.4) is 0 Å². The number of amides is 4. The first-order valence-electron chi connectivity index (χ1n) is 20.7. The molecule has 1 unspecified atom stereocenters. The summed E-state index contributed by atoms with van der Waals surface area (Å²) in [7, 11) is 2.16. The van der Waals surface area contributed by atoms with E-state index >= 15 is 0 Å². The molecule has 13 nitrogen and oxygen atoms in total. The fraction of sp³-hybridized carbons (Fsp3) is 0.467. The summed E-state index contributed by atoms with van der Waals surface area (Å²) in [5.41, 5.74) is 6.59. The van der Waals surface area contributed by atoms with Gasteiger partial charge in [0.25, 0.3) is 11.8 Å². The highest BCUT2D eigenvalue weighted by molar-refractivity contribution is 6.33. The molecule has 1 atom stereocenters. The van der Waals surface area contributed by atoms with E-state index < -0.39 is 23.8 Å². The van der Waals surface area contributed by atoms with Gasteiger partial charge in [-0.3, -0.25) is 34.2 Å². The number of carbonyl (C=O) groups is 5. The third kappa shape index (κ3) is 8.18. The molecule has 4 amide bonds. The summed E-state index contributed by atoms with van der Waals surface area (Å²) in [5.74, 6) is -1.26. The summed E-state index contributed by atoms with van der Waals surface area (Å²) in [6.07, 6.45) is 4.71. The Kier molecular flexibility index (Phi) is 11.5. The number of fused-ring (bicyclic) bond motifs is 1. The van der Waals surface area contributed by atoms with Gasteiger partial charge in [-0.15, -0.1) is 0 Å². The third-order valence-electron chi connectivity index (χ3n) is 13.3. The molecule has 59 heavy (non-hydrogen) atoms. The molecule has 3 aromatic rings.